The van der Waals surface area contributed by atoms with Crippen LogP contribution in [-0.2, 0) is 4.84 Å². The number of hydrogen-bond acceptors (Lipinski definition) is 4. The number of carbonyl (C=O) groups is 1. The third kappa shape index (κ3) is 2.99. The lowest BCUT2D eigenvalue weighted by molar-refractivity contribution is -0.0759. The fourth-order valence-corrected chi connectivity index (χ4v) is 1.84. The maximum absolute atomic E-state index is 11.9. The number of hydroxylamine groups is 2. The van der Waals surface area contributed by atoms with E-state index >= 15 is 0 Å². The van der Waals surface area contributed by atoms with Gasteiger partial charge in [0.15, 0.2) is 0 Å². The molecule has 0 aromatic heterocycles. The molecular weight excluding hydrogens is 224 g/mol. The molecule has 0 unspecified atom stereocenters. The molecule has 5 heteroatoms. The lowest BCUT2D eigenvalue weighted by atomic mass is 10.2. The monoisotopic (exact) mass is 236 g/mol. The molecular formula is C11H12N2O2S. The quantitative estimate of drug-likeness (QED) is 0.592. The number of rotatable bonds is 4. The minimum Gasteiger partial charge on any atom is -0.274 e. The molecule has 0 spiro atoms. The molecule has 1 aromatic rings. The lowest BCUT2D eigenvalue weighted by Crippen LogP contribution is -2.25. The highest BCUT2D eigenvalue weighted by Crippen LogP contribution is 2.23. The van der Waals surface area contributed by atoms with Crippen molar-refractivity contribution in [2.75, 3.05) is 19.9 Å². The van der Waals surface area contributed by atoms with E-state index in [0.717, 1.165) is 9.96 Å². The molecule has 0 fully saturated rings. The van der Waals surface area contributed by atoms with E-state index < -0.39 is 0 Å². The second-order valence-corrected chi connectivity index (χ2v) is 3.95. The van der Waals surface area contributed by atoms with Crippen LogP contribution in [0, 0.1) is 11.3 Å². The van der Waals surface area contributed by atoms with E-state index in [-0.39, 0.29) is 5.91 Å². The molecule has 0 saturated heterocycles. The highest BCUT2D eigenvalue weighted by atomic mass is 32.2. The van der Waals surface area contributed by atoms with E-state index in [1.165, 1.54) is 18.9 Å². The predicted octanol–water partition coefficient (Wildman–Crippen LogP) is 1.94. The average molecular weight is 236 g/mol. The van der Waals surface area contributed by atoms with Crippen molar-refractivity contribution in [1.82, 2.24) is 5.06 Å². The summed E-state index contributed by atoms with van der Waals surface area (Å²) in [5.41, 5.74) is 0.548. The first-order valence-electron chi connectivity index (χ1n) is 4.61. The molecule has 0 aliphatic carbocycles. The summed E-state index contributed by atoms with van der Waals surface area (Å²) in [5, 5.41) is 9.68. The highest BCUT2D eigenvalue weighted by Gasteiger charge is 2.15. The minimum absolute atomic E-state index is 0.219. The van der Waals surface area contributed by atoms with Gasteiger partial charge in [-0.3, -0.25) is 9.63 Å². The maximum Gasteiger partial charge on any atom is 0.278 e. The smallest absolute Gasteiger partial charge is 0.274 e. The fourth-order valence-electron chi connectivity index (χ4n) is 1.13. The summed E-state index contributed by atoms with van der Waals surface area (Å²) in [6.45, 7) is 0. The van der Waals surface area contributed by atoms with Gasteiger partial charge in [-0.05, 0) is 12.1 Å². The van der Waals surface area contributed by atoms with E-state index in [2.05, 4.69) is 0 Å². The van der Waals surface area contributed by atoms with Crippen molar-refractivity contribution < 1.29 is 9.63 Å². The van der Waals surface area contributed by atoms with Gasteiger partial charge in [-0.1, -0.05) is 12.1 Å². The SMILES string of the molecule is CON(C)C(=O)c1ccccc1SCC#N. The van der Waals surface area contributed by atoms with Crippen LogP contribution in [0.25, 0.3) is 0 Å². The minimum atomic E-state index is -0.219. The number of carbonyl (C=O) groups excluding carboxylic acids is 1. The Balaban J connectivity index is 2.94. The Morgan fingerprint density at radius 3 is 2.88 bits per heavy atom. The van der Waals surface area contributed by atoms with Crippen molar-refractivity contribution in [3.05, 3.63) is 29.8 Å². The molecule has 0 bridgehead atoms. The van der Waals surface area contributed by atoms with Crippen LogP contribution >= 0.6 is 11.8 Å². The Morgan fingerprint density at radius 1 is 1.56 bits per heavy atom. The second-order valence-electron chi connectivity index (χ2n) is 2.93. The first-order chi connectivity index (χ1) is 7.70. The maximum atomic E-state index is 11.9. The fraction of sp³-hybridized carbons (Fsp3) is 0.273. The van der Waals surface area contributed by atoms with Crippen LogP contribution in [0.2, 0.25) is 0 Å². The van der Waals surface area contributed by atoms with Crippen molar-refractivity contribution in [3.63, 3.8) is 0 Å². The zero-order valence-corrected chi connectivity index (χ0v) is 9.95. The zero-order chi connectivity index (χ0) is 12.0. The summed E-state index contributed by atoms with van der Waals surface area (Å²) in [7, 11) is 2.98. The molecule has 0 aliphatic rings. The zero-order valence-electron chi connectivity index (χ0n) is 9.14. The van der Waals surface area contributed by atoms with Gasteiger partial charge in [0, 0.05) is 11.9 Å². The number of hydrogen-bond donors (Lipinski definition) is 0. The van der Waals surface area contributed by atoms with E-state index in [1.807, 2.05) is 18.2 Å². The summed E-state index contributed by atoms with van der Waals surface area (Å²) in [4.78, 5) is 17.5. The molecule has 4 nitrogen and oxygen atoms in total. The van der Waals surface area contributed by atoms with E-state index in [9.17, 15) is 4.79 Å². The summed E-state index contributed by atoms with van der Waals surface area (Å²) >= 11 is 1.34. The molecule has 16 heavy (non-hydrogen) atoms. The molecule has 0 N–H and O–H groups in total. The Kier molecular flexibility index (Phi) is 4.83. The molecule has 1 aromatic carbocycles. The number of thioether (sulfide) groups is 1. The van der Waals surface area contributed by atoms with Crippen LogP contribution in [0.15, 0.2) is 29.2 Å². The van der Waals surface area contributed by atoms with Crippen molar-refractivity contribution in [1.29, 1.82) is 5.26 Å². The van der Waals surface area contributed by atoms with E-state index in [0.29, 0.717) is 11.3 Å². The van der Waals surface area contributed by atoms with Gasteiger partial charge in [-0.25, -0.2) is 5.06 Å². The molecule has 84 valence electrons. The standard InChI is InChI=1S/C11H12N2O2S/c1-13(15-2)11(14)9-5-3-4-6-10(9)16-8-7-12/h3-6H,8H2,1-2H3. The van der Waals surface area contributed by atoms with Crippen molar-refractivity contribution in [2.24, 2.45) is 0 Å². The summed E-state index contributed by atoms with van der Waals surface area (Å²) in [6, 6.07) is 9.19. The summed E-state index contributed by atoms with van der Waals surface area (Å²) in [5.74, 6) is 0.101. The van der Waals surface area contributed by atoms with Crippen LogP contribution in [0.4, 0.5) is 0 Å². The van der Waals surface area contributed by atoms with Crippen LogP contribution < -0.4 is 0 Å². The van der Waals surface area contributed by atoms with Crippen LogP contribution in [0.3, 0.4) is 0 Å². The Labute approximate surface area is 98.8 Å². The van der Waals surface area contributed by atoms with Gasteiger partial charge in [0.05, 0.1) is 24.5 Å². The predicted molar refractivity (Wildman–Crippen MR) is 61.9 cm³/mol. The number of benzene rings is 1. The van der Waals surface area contributed by atoms with Crippen LogP contribution in [0.1, 0.15) is 10.4 Å². The third-order valence-corrected chi connectivity index (χ3v) is 2.91. The Bertz CT molecular complexity index is 415. The molecule has 0 saturated carbocycles. The van der Waals surface area contributed by atoms with Gasteiger partial charge in [0.1, 0.15) is 0 Å². The molecule has 0 aliphatic heterocycles. The van der Waals surface area contributed by atoms with Gasteiger partial charge in [-0.15, -0.1) is 11.8 Å². The van der Waals surface area contributed by atoms with E-state index in [1.54, 1.807) is 19.2 Å². The van der Waals surface area contributed by atoms with Crippen molar-refractivity contribution in [2.45, 2.75) is 4.90 Å². The molecule has 0 radical (unpaired) electrons. The Hall–Kier alpha value is -1.51. The first-order valence-corrected chi connectivity index (χ1v) is 5.60. The number of nitrogens with zero attached hydrogens (tertiary/aromatic N) is 2. The number of amides is 1. The normalized spacial score (nSPS) is 9.56. The van der Waals surface area contributed by atoms with Gasteiger partial charge >= 0.3 is 0 Å². The van der Waals surface area contributed by atoms with Gasteiger partial charge in [0.25, 0.3) is 5.91 Å². The van der Waals surface area contributed by atoms with Gasteiger partial charge in [0.2, 0.25) is 0 Å². The molecule has 0 atom stereocenters. The van der Waals surface area contributed by atoms with Gasteiger partial charge < -0.3 is 0 Å². The average Bonchev–Trinajstić information content (AvgIpc) is 2.34. The summed E-state index contributed by atoms with van der Waals surface area (Å²) in [6.07, 6.45) is 0. The third-order valence-electron chi connectivity index (χ3n) is 1.97. The van der Waals surface area contributed by atoms with E-state index in [4.69, 9.17) is 10.1 Å². The topological polar surface area (TPSA) is 53.3 Å². The Morgan fingerprint density at radius 2 is 2.25 bits per heavy atom. The van der Waals surface area contributed by atoms with Crippen molar-refractivity contribution in [3.8, 4) is 6.07 Å². The molecule has 1 amide bonds. The van der Waals surface area contributed by atoms with Crippen LogP contribution in [0.5, 0.6) is 0 Å². The van der Waals surface area contributed by atoms with Gasteiger partial charge in [-0.2, -0.15) is 5.26 Å². The number of nitriles is 1. The molecule has 0 heterocycles. The largest absolute Gasteiger partial charge is 0.278 e. The van der Waals surface area contributed by atoms with Crippen molar-refractivity contribution >= 4 is 17.7 Å². The van der Waals surface area contributed by atoms with Crippen LogP contribution in [-0.4, -0.2) is 30.9 Å². The molecule has 1 rings (SSSR count). The second kappa shape index (κ2) is 6.16. The summed E-state index contributed by atoms with van der Waals surface area (Å²) < 4.78 is 0. The lowest BCUT2D eigenvalue weighted by Gasteiger charge is -2.15. The first kappa shape index (κ1) is 12.6. The highest BCUT2D eigenvalue weighted by molar-refractivity contribution is 7.99.